The first-order valence-corrected chi connectivity index (χ1v) is 7.02. The topological polar surface area (TPSA) is 64.6 Å². The Morgan fingerprint density at radius 1 is 1.00 bits per heavy atom. The van der Waals surface area contributed by atoms with E-state index >= 15 is 0 Å². The number of hydrogen-bond acceptors (Lipinski definition) is 4. The van der Waals surface area contributed by atoms with Gasteiger partial charge in [-0.25, -0.2) is 9.59 Å². The van der Waals surface area contributed by atoms with Gasteiger partial charge in [0, 0.05) is 0 Å². The molecule has 1 amide bonds. The highest BCUT2D eigenvalue weighted by Crippen LogP contribution is 2.24. The maximum absolute atomic E-state index is 12.1. The van der Waals surface area contributed by atoms with Crippen molar-refractivity contribution in [2.45, 2.75) is 70.5 Å². The second-order valence-corrected chi connectivity index (χ2v) is 7.64. The first kappa shape index (κ1) is 18.2. The smallest absolute Gasteiger partial charge is 0.409 e. The Balaban J connectivity index is 4.79. The number of halogens is 1. The molecule has 0 saturated carbocycles. The van der Waals surface area contributed by atoms with E-state index in [2.05, 4.69) is 21.2 Å². The first-order valence-electron chi connectivity index (χ1n) is 6.22. The minimum atomic E-state index is -1.28. The molecule has 1 N–H and O–H groups in total. The molecular formula is C13H24BrNO4. The second kappa shape index (κ2) is 6.11. The standard InChI is InChI=1S/C13H24BrNO4/c1-8-13(14,9(16)18-11(2,3)4)15-10(17)19-12(5,6)7/h8H2,1-7H3,(H,15,17). The molecule has 0 aliphatic heterocycles. The molecule has 0 aromatic carbocycles. The number of hydrogen-bond donors (Lipinski definition) is 1. The fourth-order valence-electron chi connectivity index (χ4n) is 1.11. The van der Waals surface area contributed by atoms with Crippen molar-refractivity contribution in [3.05, 3.63) is 0 Å². The van der Waals surface area contributed by atoms with Gasteiger partial charge in [-0.3, -0.25) is 5.32 Å². The van der Waals surface area contributed by atoms with E-state index in [-0.39, 0.29) is 0 Å². The van der Waals surface area contributed by atoms with Gasteiger partial charge < -0.3 is 9.47 Å². The molecule has 0 spiro atoms. The van der Waals surface area contributed by atoms with Gasteiger partial charge in [0.1, 0.15) is 11.2 Å². The number of alkyl halides is 1. The molecule has 0 bridgehead atoms. The second-order valence-electron chi connectivity index (χ2n) is 6.28. The van der Waals surface area contributed by atoms with Crippen LogP contribution in [0.3, 0.4) is 0 Å². The van der Waals surface area contributed by atoms with Crippen molar-refractivity contribution in [1.82, 2.24) is 5.32 Å². The van der Waals surface area contributed by atoms with Crippen molar-refractivity contribution >= 4 is 28.0 Å². The van der Waals surface area contributed by atoms with Crippen LogP contribution < -0.4 is 5.32 Å². The molecule has 1 atom stereocenters. The highest BCUT2D eigenvalue weighted by molar-refractivity contribution is 9.10. The SMILES string of the molecule is CCC(Br)(NC(=O)OC(C)(C)C)C(=O)OC(C)(C)C. The Morgan fingerprint density at radius 3 is 1.74 bits per heavy atom. The number of nitrogens with one attached hydrogen (secondary N) is 1. The van der Waals surface area contributed by atoms with Crippen LogP contribution in [0.5, 0.6) is 0 Å². The van der Waals surface area contributed by atoms with E-state index in [1.165, 1.54) is 0 Å². The number of ether oxygens (including phenoxy) is 2. The molecule has 5 nitrogen and oxygen atoms in total. The highest BCUT2D eigenvalue weighted by Gasteiger charge is 2.40. The molecule has 0 radical (unpaired) electrons. The normalized spacial score (nSPS) is 15.4. The molecule has 0 rings (SSSR count). The minimum Gasteiger partial charge on any atom is -0.458 e. The Bertz CT molecular complexity index is 344. The molecule has 19 heavy (non-hydrogen) atoms. The van der Waals surface area contributed by atoms with Crippen molar-refractivity contribution in [3.63, 3.8) is 0 Å². The van der Waals surface area contributed by atoms with Crippen LogP contribution in [0.1, 0.15) is 54.9 Å². The minimum absolute atomic E-state index is 0.334. The number of carbonyl (C=O) groups excluding carboxylic acids is 2. The van der Waals surface area contributed by atoms with Gasteiger partial charge in [0.15, 0.2) is 4.45 Å². The van der Waals surface area contributed by atoms with Crippen molar-refractivity contribution in [2.24, 2.45) is 0 Å². The largest absolute Gasteiger partial charge is 0.458 e. The predicted molar refractivity (Wildman–Crippen MR) is 77.2 cm³/mol. The Labute approximate surface area is 123 Å². The zero-order valence-corrected chi connectivity index (χ0v) is 14.3. The highest BCUT2D eigenvalue weighted by atomic mass is 79.9. The van der Waals surface area contributed by atoms with Gasteiger partial charge in [-0.15, -0.1) is 0 Å². The molecule has 0 heterocycles. The maximum Gasteiger partial charge on any atom is 0.409 e. The molecule has 6 heteroatoms. The van der Waals surface area contributed by atoms with E-state index in [1.54, 1.807) is 48.5 Å². The van der Waals surface area contributed by atoms with E-state index in [4.69, 9.17) is 9.47 Å². The molecule has 0 fully saturated rings. The van der Waals surface area contributed by atoms with E-state index in [1.807, 2.05) is 0 Å². The molecule has 0 aliphatic rings. The molecule has 0 saturated heterocycles. The fraction of sp³-hybridized carbons (Fsp3) is 0.846. The van der Waals surface area contributed by atoms with Crippen molar-refractivity contribution in [2.75, 3.05) is 0 Å². The maximum atomic E-state index is 12.1. The lowest BCUT2D eigenvalue weighted by Gasteiger charge is -2.30. The average Bonchev–Trinajstić information content (AvgIpc) is 2.11. The molecule has 0 aliphatic carbocycles. The predicted octanol–water partition coefficient (Wildman–Crippen LogP) is 3.35. The molecule has 0 aromatic rings. The molecular weight excluding hydrogens is 314 g/mol. The first-order chi connectivity index (χ1) is 8.29. The summed E-state index contributed by atoms with van der Waals surface area (Å²) in [7, 11) is 0. The van der Waals surface area contributed by atoms with Gasteiger partial charge in [0.25, 0.3) is 0 Å². The lowest BCUT2D eigenvalue weighted by molar-refractivity contribution is -0.158. The number of amides is 1. The monoisotopic (exact) mass is 337 g/mol. The van der Waals surface area contributed by atoms with Gasteiger partial charge in [-0.05, 0) is 63.9 Å². The molecule has 0 aromatic heterocycles. The van der Waals surface area contributed by atoms with Crippen LogP contribution in [0, 0.1) is 0 Å². The van der Waals surface area contributed by atoms with Crippen molar-refractivity contribution < 1.29 is 19.1 Å². The summed E-state index contributed by atoms with van der Waals surface area (Å²) in [5, 5.41) is 2.50. The van der Waals surface area contributed by atoms with Crippen LogP contribution in [0.2, 0.25) is 0 Å². The Hall–Kier alpha value is -0.780. The summed E-state index contributed by atoms with van der Waals surface area (Å²) in [5.41, 5.74) is -1.25. The third-order valence-electron chi connectivity index (χ3n) is 1.91. The van der Waals surface area contributed by atoms with Crippen LogP contribution in [0.25, 0.3) is 0 Å². The van der Waals surface area contributed by atoms with Crippen LogP contribution in [0.15, 0.2) is 0 Å². The lowest BCUT2D eigenvalue weighted by atomic mass is 10.1. The van der Waals surface area contributed by atoms with Crippen molar-refractivity contribution in [1.29, 1.82) is 0 Å². The summed E-state index contributed by atoms with van der Waals surface area (Å²) in [6, 6.07) is 0. The quantitative estimate of drug-likeness (QED) is 0.487. The fourth-order valence-corrected chi connectivity index (χ4v) is 1.35. The number of rotatable bonds is 3. The third-order valence-corrected chi connectivity index (χ3v) is 2.99. The number of esters is 1. The van der Waals surface area contributed by atoms with E-state index in [0.717, 1.165) is 0 Å². The summed E-state index contributed by atoms with van der Waals surface area (Å²) in [5.74, 6) is -0.548. The van der Waals surface area contributed by atoms with Gasteiger partial charge in [-0.1, -0.05) is 6.92 Å². The summed E-state index contributed by atoms with van der Waals surface area (Å²) in [6.07, 6.45) is -0.335. The summed E-state index contributed by atoms with van der Waals surface area (Å²) in [6.45, 7) is 12.3. The molecule has 1 unspecified atom stereocenters. The van der Waals surface area contributed by atoms with Crippen LogP contribution in [0.4, 0.5) is 4.79 Å². The van der Waals surface area contributed by atoms with Gasteiger partial charge in [0.2, 0.25) is 0 Å². The Morgan fingerprint density at radius 2 is 1.42 bits per heavy atom. The lowest BCUT2D eigenvalue weighted by Crippen LogP contribution is -2.52. The Kier molecular flexibility index (Phi) is 5.86. The van der Waals surface area contributed by atoms with E-state index in [0.29, 0.717) is 6.42 Å². The zero-order valence-electron chi connectivity index (χ0n) is 12.7. The van der Waals surface area contributed by atoms with E-state index in [9.17, 15) is 9.59 Å². The summed E-state index contributed by atoms with van der Waals surface area (Å²) < 4.78 is 9.12. The zero-order chi connectivity index (χ0) is 15.5. The summed E-state index contributed by atoms with van der Waals surface area (Å²) >= 11 is 3.22. The van der Waals surface area contributed by atoms with Crippen LogP contribution >= 0.6 is 15.9 Å². The van der Waals surface area contributed by atoms with Crippen LogP contribution in [-0.2, 0) is 14.3 Å². The summed E-state index contributed by atoms with van der Waals surface area (Å²) in [4.78, 5) is 23.8. The van der Waals surface area contributed by atoms with Crippen molar-refractivity contribution in [3.8, 4) is 0 Å². The number of alkyl carbamates (subject to hydrolysis) is 1. The van der Waals surface area contributed by atoms with Crippen LogP contribution in [-0.4, -0.2) is 27.7 Å². The van der Waals surface area contributed by atoms with E-state index < -0.39 is 27.7 Å². The number of carbonyl (C=O) groups is 2. The van der Waals surface area contributed by atoms with Gasteiger partial charge in [-0.2, -0.15) is 0 Å². The third kappa shape index (κ3) is 7.40. The van der Waals surface area contributed by atoms with Gasteiger partial charge >= 0.3 is 12.1 Å². The van der Waals surface area contributed by atoms with Gasteiger partial charge in [0.05, 0.1) is 0 Å². The average molecular weight is 338 g/mol. The molecule has 112 valence electrons.